The monoisotopic (exact) mass is 343 g/mol. The van der Waals surface area contributed by atoms with Crippen LogP contribution in [0.5, 0.6) is 0 Å². The molecule has 0 saturated carbocycles. The zero-order valence-electron chi connectivity index (χ0n) is 15.1. The number of alkyl carbamates (subject to hydrolysis) is 1. The largest absolute Gasteiger partial charge is 0.444 e. The van der Waals surface area contributed by atoms with Gasteiger partial charge in [0, 0.05) is 26.8 Å². The minimum atomic E-state index is -0.641. The van der Waals surface area contributed by atoms with Crippen LogP contribution in [0.2, 0.25) is 0 Å². The fourth-order valence-corrected chi connectivity index (χ4v) is 1.87. The second-order valence-corrected chi connectivity index (χ2v) is 6.14. The number of carbonyl (C=O) groups is 4. The number of ether oxygens (including phenoxy) is 1. The van der Waals surface area contributed by atoms with Crippen LogP contribution in [0, 0.1) is 5.92 Å². The van der Waals surface area contributed by atoms with Gasteiger partial charge in [0.2, 0.25) is 11.8 Å². The van der Waals surface area contributed by atoms with Crippen molar-refractivity contribution in [2.24, 2.45) is 5.92 Å². The Kier molecular flexibility index (Phi) is 10.4. The van der Waals surface area contributed by atoms with Crippen LogP contribution in [-0.4, -0.2) is 48.9 Å². The van der Waals surface area contributed by atoms with E-state index in [-0.39, 0.29) is 42.5 Å². The fourth-order valence-electron chi connectivity index (χ4n) is 1.87. The van der Waals surface area contributed by atoms with Crippen molar-refractivity contribution in [2.45, 2.75) is 59.6 Å². The summed E-state index contributed by atoms with van der Waals surface area (Å²) in [5.74, 6) is -0.341. The molecule has 2 unspecified atom stereocenters. The van der Waals surface area contributed by atoms with Gasteiger partial charge in [-0.15, -0.1) is 0 Å². The molecule has 2 atom stereocenters. The molecular formula is C16H29N3O5. The average molecular weight is 343 g/mol. The van der Waals surface area contributed by atoms with E-state index in [9.17, 15) is 19.2 Å². The lowest BCUT2D eigenvalue weighted by Gasteiger charge is -2.24. The topological polar surface area (TPSA) is 114 Å². The van der Waals surface area contributed by atoms with Gasteiger partial charge in [0.25, 0.3) is 0 Å². The number of ketones is 1. The van der Waals surface area contributed by atoms with Crippen molar-refractivity contribution in [1.29, 1.82) is 0 Å². The lowest BCUT2D eigenvalue weighted by Crippen LogP contribution is -2.48. The molecule has 8 heteroatoms. The summed E-state index contributed by atoms with van der Waals surface area (Å²) in [4.78, 5) is 45.2. The summed E-state index contributed by atoms with van der Waals surface area (Å²) in [6.07, 6.45) is -0.637. The maximum Gasteiger partial charge on any atom is 0.407 e. The molecule has 0 fully saturated rings. The molecule has 0 aliphatic carbocycles. The Morgan fingerprint density at radius 3 is 1.92 bits per heavy atom. The third-order valence-corrected chi connectivity index (χ3v) is 3.35. The highest BCUT2D eigenvalue weighted by atomic mass is 16.6. The van der Waals surface area contributed by atoms with Crippen LogP contribution in [0.1, 0.15) is 47.5 Å². The lowest BCUT2D eigenvalue weighted by atomic mass is 10.0. The molecule has 8 nitrogen and oxygen atoms in total. The van der Waals surface area contributed by atoms with Crippen molar-refractivity contribution in [3.05, 3.63) is 0 Å². The Morgan fingerprint density at radius 2 is 1.46 bits per heavy atom. The fraction of sp³-hybridized carbons (Fsp3) is 0.750. The predicted molar refractivity (Wildman–Crippen MR) is 89.3 cm³/mol. The van der Waals surface area contributed by atoms with Crippen LogP contribution in [-0.2, 0) is 19.1 Å². The highest BCUT2D eigenvalue weighted by Crippen LogP contribution is 2.06. The molecule has 0 radical (unpaired) electrons. The molecule has 0 saturated heterocycles. The second-order valence-electron chi connectivity index (χ2n) is 6.14. The molecule has 0 rings (SSSR count). The molecule has 3 N–H and O–H groups in total. The molecule has 138 valence electrons. The van der Waals surface area contributed by atoms with Crippen LogP contribution in [0.25, 0.3) is 0 Å². The predicted octanol–water partition coefficient (Wildman–Crippen LogP) is 0.747. The van der Waals surface area contributed by atoms with Gasteiger partial charge in [-0.2, -0.15) is 0 Å². The van der Waals surface area contributed by atoms with Crippen molar-refractivity contribution in [1.82, 2.24) is 16.0 Å². The summed E-state index contributed by atoms with van der Waals surface area (Å²) in [6, 6.07) is -0.282. The minimum Gasteiger partial charge on any atom is -0.444 e. The highest BCUT2D eigenvalue weighted by Gasteiger charge is 2.21. The Morgan fingerprint density at radius 1 is 0.917 bits per heavy atom. The van der Waals surface area contributed by atoms with Gasteiger partial charge in [0.1, 0.15) is 11.9 Å². The maximum atomic E-state index is 12.1. The Hall–Kier alpha value is -2.12. The molecule has 0 aromatic carbocycles. The van der Waals surface area contributed by atoms with Crippen LogP contribution in [0.3, 0.4) is 0 Å². The van der Waals surface area contributed by atoms with Gasteiger partial charge in [0.15, 0.2) is 0 Å². The van der Waals surface area contributed by atoms with Gasteiger partial charge in [-0.25, -0.2) is 4.79 Å². The van der Waals surface area contributed by atoms with Gasteiger partial charge in [-0.1, -0.05) is 13.8 Å². The van der Waals surface area contributed by atoms with Crippen molar-refractivity contribution >= 4 is 23.7 Å². The second kappa shape index (κ2) is 11.4. The molecule has 0 aliphatic heterocycles. The standard InChI is InChI=1S/C16H29N3O5/c1-10(2)15(9-18-13(5)22)19-16(23)24-14(7-6-11(3)20)8-17-12(4)21/h10,14-15H,6-9H2,1-5H3,(H,17,21)(H,18,22)(H,19,23). The number of hydrogen-bond acceptors (Lipinski definition) is 5. The van der Waals surface area contributed by atoms with Crippen LogP contribution in [0.15, 0.2) is 0 Å². The van der Waals surface area contributed by atoms with Crippen molar-refractivity contribution in [2.75, 3.05) is 13.1 Å². The smallest absolute Gasteiger partial charge is 0.407 e. The number of amides is 3. The van der Waals surface area contributed by atoms with Crippen LogP contribution >= 0.6 is 0 Å². The number of rotatable bonds is 10. The molecule has 0 aliphatic rings. The zero-order chi connectivity index (χ0) is 18.7. The van der Waals surface area contributed by atoms with E-state index in [0.717, 1.165) is 0 Å². The van der Waals surface area contributed by atoms with Crippen molar-refractivity contribution in [3.63, 3.8) is 0 Å². The van der Waals surface area contributed by atoms with E-state index in [1.54, 1.807) is 0 Å². The summed E-state index contributed by atoms with van der Waals surface area (Å²) < 4.78 is 5.31. The van der Waals surface area contributed by atoms with Gasteiger partial charge in [-0.3, -0.25) is 9.59 Å². The Bertz CT molecular complexity index is 433. The zero-order valence-corrected chi connectivity index (χ0v) is 15.1. The third kappa shape index (κ3) is 11.4. The lowest BCUT2D eigenvalue weighted by molar-refractivity contribution is -0.120. The van der Waals surface area contributed by atoms with Crippen LogP contribution in [0.4, 0.5) is 4.79 Å². The van der Waals surface area contributed by atoms with E-state index in [1.165, 1.54) is 20.8 Å². The van der Waals surface area contributed by atoms with E-state index in [4.69, 9.17) is 4.74 Å². The number of carbonyl (C=O) groups excluding carboxylic acids is 4. The van der Waals surface area contributed by atoms with E-state index < -0.39 is 12.2 Å². The third-order valence-electron chi connectivity index (χ3n) is 3.35. The van der Waals surface area contributed by atoms with Gasteiger partial charge >= 0.3 is 6.09 Å². The first-order valence-electron chi connectivity index (χ1n) is 8.07. The number of hydrogen-bond donors (Lipinski definition) is 3. The van der Waals surface area contributed by atoms with Crippen molar-refractivity contribution in [3.8, 4) is 0 Å². The van der Waals surface area contributed by atoms with E-state index in [0.29, 0.717) is 13.0 Å². The van der Waals surface area contributed by atoms with E-state index in [2.05, 4.69) is 16.0 Å². The number of nitrogens with one attached hydrogen (secondary N) is 3. The van der Waals surface area contributed by atoms with E-state index >= 15 is 0 Å². The maximum absolute atomic E-state index is 12.1. The first-order chi connectivity index (χ1) is 11.1. The Balaban J connectivity index is 4.60. The van der Waals surface area contributed by atoms with Gasteiger partial charge in [0.05, 0.1) is 12.6 Å². The quantitative estimate of drug-likeness (QED) is 0.541. The molecule has 0 spiro atoms. The number of Topliss-reactive ketones (excluding diaryl/α,β-unsaturated/α-hetero) is 1. The van der Waals surface area contributed by atoms with E-state index in [1.807, 2.05) is 13.8 Å². The summed E-state index contributed by atoms with van der Waals surface area (Å²) in [5.41, 5.74) is 0. The summed E-state index contributed by atoms with van der Waals surface area (Å²) >= 11 is 0. The summed E-state index contributed by atoms with van der Waals surface area (Å²) in [5, 5.41) is 7.94. The van der Waals surface area contributed by atoms with Gasteiger partial charge in [-0.05, 0) is 19.3 Å². The van der Waals surface area contributed by atoms with Crippen LogP contribution < -0.4 is 16.0 Å². The SMILES string of the molecule is CC(=O)CCC(CNC(C)=O)OC(=O)NC(CNC(C)=O)C(C)C. The molecule has 0 aromatic rings. The molecule has 0 aromatic heterocycles. The highest BCUT2D eigenvalue weighted by molar-refractivity contribution is 5.75. The van der Waals surface area contributed by atoms with Crippen molar-refractivity contribution < 1.29 is 23.9 Å². The Labute approximate surface area is 143 Å². The molecule has 3 amide bonds. The molecule has 0 heterocycles. The molecular weight excluding hydrogens is 314 g/mol. The average Bonchev–Trinajstić information content (AvgIpc) is 2.45. The normalized spacial score (nSPS) is 12.9. The first-order valence-corrected chi connectivity index (χ1v) is 8.07. The first kappa shape index (κ1) is 21.9. The molecule has 24 heavy (non-hydrogen) atoms. The summed E-state index contributed by atoms with van der Waals surface area (Å²) in [6.45, 7) is 8.50. The minimum absolute atomic E-state index is 0.0162. The van der Waals surface area contributed by atoms with Gasteiger partial charge < -0.3 is 25.5 Å². The summed E-state index contributed by atoms with van der Waals surface area (Å²) in [7, 11) is 0. The molecule has 0 bridgehead atoms.